The molecule has 3 aromatic rings. The molecule has 3 aromatic heterocycles. The first-order valence-corrected chi connectivity index (χ1v) is 8.64. The molecule has 0 spiro atoms. The summed E-state index contributed by atoms with van der Waals surface area (Å²) in [6.07, 6.45) is 4.35. The fourth-order valence-electron chi connectivity index (χ4n) is 1.97. The molecule has 0 atom stereocenters. The molecule has 0 aliphatic carbocycles. The quantitative estimate of drug-likeness (QED) is 0.606. The van der Waals surface area contributed by atoms with Crippen molar-refractivity contribution in [2.75, 3.05) is 11.9 Å². The van der Waals surface area contributed by atoms with Gasteiger partial charge in [0.05, 0.1) is 0 Å². The van der Waals surface area contributed by atoms with E-state index in [0.717, 1.165) is 9.86 Å². The predicted molar refractivity (Wildman–Crippen MR) is 99.4 cm³/mol. The summed E-state index contributed by atoms with van der Waals surface area (Å²) in [7, 11) is 0. The van der Waals surface area contributed by atoms with Crippen LogP contribution in [0.25, 0.3) is 16.9 Å². The number of hydrogen-bond donors (Lipinski definition) is 1. The van der Waals surface area contributed by atoms with E-state index in [0.29, 0.717) is 17.2 Å². The first-order valence-electron chi connectivity index (χ1n) is 7.09. The van der Waals surface area contributed by atoms with E-state index in [1.165, 1.54) is 6.92 Å². The number of rotatable bonds is 4. The van der Waals surface area contributed by atoms with Crippen molar-refractivity contribution in [1.82, 2.24) is 19.7 Å². The molecule has 0 aromatic carbocycles. The number of ether oxygens (including phenoxy) is 1. The number of anilines is 1. The zero-order valence-corrected chi connectivity index (χ0v) is 16.0. The third kappa shape index (κ3) is 4.81. The van der Waals surface area contributed by atoms with Crippen molar-refractivity contribution in [2.45, 2.75) is 11.3 Å². The fourth-order valence-corrected chi connectivity index (χ4v) is 2.43. The molecule has 3 rings (SSSR count). The van der Waals surface area contributed by atoms with Crippen LogP contribution in [0.15, 0.2) is 41.3 Å². The second-order valence-corrected chi connectivity index (χ2v) is 8.09. The monoisotopic (exact) mass is 443 g/mol. The van der Waals surface area contributed by atoms with Gasteiger partial charge >= 0.3 is 6.09 Å². The lowest BCUT2D eigenvalue weighted by Gasteiger charge is -2.13. The highest BCUT2D eigenvalue weighted by Crippen LogP contribution is 2.21. The molecular weight excluding hydrogens is 433 g/mol. The summed E-state index contributed by atoms with van der Waals surface area (Å²) in [5, 5.41) is 7.80. The summed E-state index contributed by atoms with van der Waals surface area (Å²) in [4.78, 5) is 20.2. The van der Waals surface area contributed by atoms with Gasteiger partial charge < -0.3 is 4.74 Å². The Hall–Kier alpha value is -1.90. The van der Waals surface area contributed by atoms with Crippen LogP contribution in [0.5, 0.6) is 0 Å². The number of alkyl halides is 2. The number of aromatic nitrogens is 4. The van der Waals surface area contributed by atoms with Crippen LogP contribution >= 0.6 is 39.1 Å². The van der Waals surface area contributed by atoms with Crippen molar-refractivity contribution >= 4 is 61.9 Å². The Labute approximate surface area is 161 Å². The zero-order chi connectivity index (χ0) is 18.0. The van der Waals surface area contributed by atoms with Gasteiger partial charge in [0.25, 0.3) is 0 Å². The Balaban J connectivity index is 1.77. The summed E-state index contributed by atoms with van der Waals surface area (Å²) < 4.78 is 6.24. The van der Waals surface area contributed by atoms with Crippen LogP contribution in [0.2, 0.25) is 0 Å². The van der Waals surface area contributed by atoms with Crippen molar-refractivity contribution in [3.05, 3.63) is 41.3 Å². The smallest absolute Gasteiger partial charge is 0.411 e. The number of amides is 1. The maximum Gasteiger partial charge on any atom is 0.411 e. The van der Waals surface area contributed by atoms with Crippen molar-refractivity contribution < 1.29 is 9.53 Å². The van der Waals surface area contributed by atoms with Crippen LogP contribution in [0.4, 0.5) is 10.5 Å². The summed E-state index contributed by atoms with van der Waals surface area (Å²) >= 11 is 14.9. The Morgan fingerprint density at radius 1 is 1.40 bits per heavy atom. The fraction of sp³-hybridized carbons (Fsp3) is 0.200. The molecule has 130 valence electrons. The Bertz CT molecular complexity index is 926. The highest BCUT2D eigenvalue weighted by molar-refractivity contribution is 9.10. The molecule has 0 aliphatic rings. The first kappa shape index (κ1) is 17.9. The molecular formula is C15H12BrCl2N5O2. The molecule has 25 heavy (non-hydrogen) atoms. The summed E-state index contributed by atoms with van der Waals surface area (Å²) in [5.41, 5.74) is 1.08. The molecule has 7 nitrogen and oxygen atoms in total. The number of carbonyl (C=O) groups excluding carboxylic acids is 1. The number of hydrogen-bond acceptors (Lipinski definition) is 5. The second kappa shape index (κ2) is 7.15. The van der Waals surface area contributed by atoms with Crippen LogP contribution < -0.4 is 5.32 Å². The van der Waals surface area contributed by atoms with Gasteiger partial charge in [0.15, 0.2) is 11.5 Å². The molecule has 1 amide bonds. The lowest BCUT2D eigenvalue weighted by molar-refractivity contribution is 0.159. The van der Waals surface area contributed by atoms with Crippen LogP contribution in [-0.4, -0.2) is 36.8 Å². The Morgan fingerprint density at radius 3 is 2.96 bits per heavy atom. The van der Waals surface area contributed by atoms with E-state index in [9.17, 15) is 4.79 Å². The van der Waals surface area contributed by atoms with E-state index in [2.05, 4.69) is 36.3 Å². The average Bonchev–Trinajstić information content (AvgIpc) is 2.96. The van der Waals surface area contributed by atoms with Gasteiger partial charge in [-0.05, 0) is 35.0 Å². The summed E-state index contributed by atoms with van der Waals surface area (Å²) in [5.74, 6) is 0.520. The van der Waals surface area contributed by atoms with Crippen LogP contribution in [0.3, 0.4) is 0 Å². The van der Waals surface area contributed by atoms with Crippen molar-refractivity contribution in [1.29, 1.82) is 0 Å². The van der Waals surface area contributed by atoms with Gasteiger partial charge in [-0.3, -0.25) is 5.32 Å². The highest BCUT2D eigenvalue weighted by Gasteiger charge is 2.19. The van der Waals surface area contributed by atoms with E-state index in [1.807, 2.05) is 6.07 Å². The normalized spacial score (nSPS) is 11.5. The topological polar surface area (TPSA) is 81.9 Å². The molecule has 1 N–H and O–H groups in total. The molecule has 0 bridgehead atoms. The second-order valence-electron chi connectivity index (χ2n) is 5.31. The minimum Gasteiger partial charge on any atom is -0.446 e. The zero-order valence-electron chi connectivity index (χ0n) is 12.9. The summed E-state index contributed by atoms with van der Waals surface area (Å²) in [6, 6.07) is 5.19. The molecule has 0 saturated carbocycles. The van der Waals surface area contributed by atoms with Gasteiger partial charge in [0, 0.05) is 40.2 Å². The van der Waals surface area contributed by atoms with Gasteiger partial charge in [-0.25, -0.2) is 19.4 Å². The Kier molecular flexibility index (Phi) is 5.12. The van der Waals surface area contributed by atoms with Gasteiger partial charge in [-0.2, -0.15) is 0 Å². The number of fused-ring (bicyclic) bond motifs is 1. The van der Waals surface area contributed by atoms with Gasteiger partial charge in [0.1, 0.15) is 10.9 Å². The van der Waals surface area contributed by atoms with Crippen LogP contribution in [0, 0.1) is 0 Å². The molecule has 0 radical (unpaired) electrons. The highest BCUT2D eigenvalue weighted by atomic mass is 79.9. The average molecular weight is 445 g/mol. The Morgan fingerprint density at radius 2 is 2.20 bits per heavy atom. The molecule has 0 aliphatic heterocycles. The van der Waals surface area contributed by atoms with Crippen molar-refractivity contribution in [2.24, 2.45) is 0 Å². The van der Waals surface area contributed by atoms with Gasteiger partial charge in [-0.1, -0.05) is 23.2 Å². The van der Waals surface area contributed by atoms with Crippen molar-refractivity contribution in [3.63, 3.8) is 0 Å². The number of nitrogens with one attached hydrogen (secondary N) is 1. The van der Waals surface area contributed by atoms with E-state index in [1.54, 1.807) is 35.4 Å². The molecule has 0 fully saturated rings. The largest absolute Gasteiger partial charge is 0.446 e. The van der Waals surface area contributed by atoms with Crippen LogP contribution in [0.1, 0.15) is 6.92 Å². The van der Waals surface area contributed by atoms with Gasteiger partial charge in [-0.15, -0.1) is 5.10 Å². The number of pyridine rings is 2. The third-order valence-electron chi connectivity index (χ3n) is 3.01. The van der Waals surface area contributed by atoms with Gasteiger partial charge in [0.2, 0.25) is 0 Å². The minimum absolute atomic E-state index is 0.134. The first-order chi connectivity index (χ1) is 11.8. The number of nitrogens with zero attached hydrogens (tertiary/aromatic N) is 4. The van der Waals surface area contributed by atoms with E-state index in [-0.39, 0.29) is 6.61 Å². The number of carbonyl (C=O) groups is 1. The van der Waals surface area contributed by atoms with Crippen LogP contribution in [-0.2, 0) is 4.74 Å². The predicted octanol–water partition coefficient (Wildman–Crippen LogP) is 4.32. The molecule has 10 heteroatoms. The number of halogens is 3. The minimum atomic E-state index is -1.14. The van der Waals surface area contributed by atoms with E-state index >= 15 is 0 Å². The maximum atomic E-state index is 11.8. The maximum absolute atomic E-state index is 11.8. The lowest BCUT2D eigenvalue weighted by Crippen LogP contribution is -2.22. The molecule has 0 saturated heterocycles. The SMILES string of the molecule is CC(Cl)(Cl)COC(=O)Nc1ccnc(-n2cc3cc(Br)cnc3n2)c1. The molecule has 3 heterocycles. The standard InChI is InChI=1S/C15H12BrCl2N5O2/c1-15(17,18)8-25-14(24)21-11-2-3-19-12(5-11)23-7-9-4-10(16)6-20-13(9)22-23/h2-7H,8H2,1H3,(H,19,21,24). The lowest BCUT2D eigenvalue weighted by atomic mass is 10.3. The third-order valence-corrected chi connectivity index (χ3v) is 3.66. The summed E-state index contributed by atoms with van der Waals surface area (Å²) in [6.45, 7) is 1.40. The molecule has 0 unspecified atom stereocenters. The van der Waals surface area contributed by atoms with Crippen molar-refractivity contribution in [3.8, 4) is 5.82 Å². The van der Waals surface area contributed by atoms with E-state index in [4.69, 9.17) is 27.9 Å². The van der Waals surface area contributed by atoms with E-state index < -0.39 is 10.4 Å².